The van der Waals surface area contributed by atoms with E-state index in [9.17, 15) is 4.79 Å². The van der Waals surface area contributed by atoms with Gasteiger partial charge in [0.05, 0.1) is 13.2 Å². The van der Waals surface area contributed by atoms with Gasteiger partial charge in [-0.2, -0.15) is 0 Å². The van der Waals surface area contributed by atoms with Crippen LogP contribution in [-0.4, -0.2) is 24.2 Å². The highest BCUT2D eigenvalue weighted by atomic mass is 16.5. The number of carbonyl (C=O) groups excluding carboxylic acids is 1. The molecule has 0 spiro atoms. The van der Waals surface area contributed by atoms with Crippen molar-refractivity contribution in [1.82, 2.24) is 4.98 Å². The Labute approximate surface area is 100 Å². The number of aryl methyl sites for hydroxylation is 1. The summed E-state index contributed by atoms with van der Waals surface area (Å²) >= 11 is 0. The molecule has 0 fully saturated rings. The molecular formula is C13H15NO3. The zero-order valence-corrected chi connectivity index (χ0v) is 9.76. The number of hydrogen-bond acceptors (Lipinski definition) is 4. The minimum Gasteiger partial charge on any atom is -0.501 e. The number of cyclic esters (lactones) is 1. The third-order valence-corrected chi connectivity index (χ3v) is 2.73. The van der Waals surface area contributed by atoms with Crippen LogP contribution in [0.1, 0.15) is 18.4 Å². The number of methoxy groups -OCH3 is 1. The molecule has 1 aromatic heterocycles. The first kappa shape index (κ1) is 11.6. The summed E-state index contributed by atoms with van der Waals surface area (Å²) in [5.74, 6) is 0.377. The molecule has 2 rings (SSSR count). The number of carbonyl (C=O) groups is 1. The van der Waals surface area contributed by atoms with Crippen LogP contribution in [0.15, 0.2) is 36.4 Å². The van der Waals surface area contributed by atoms with Crippen molar-refractivity contribution in [2.24, 2.45) is 0 Å². The standard InChI is InChI=1S/C13H15NO3/c1-16-12-7-11(17-13(15)8-12)5-4-10-3-2-6-14-9-10/h2-3,6,8-9,11H,4-5,7H2,1H3. The van der Waals surface area contributed by atoms with Gasteiger partial charge in [0, 0.05) is 18.8 Å². The Morgan fingerprint density at radius 3 is 3.18 bits per heavy atom. The SMILES string of the molecule is COC1=CC(=O)OC(CCc2cccnc2)C1. The van der Waals surface area contributed by atoms with E-state index in [1.165, 1.54) is 6.08 Å². The maximum atomic E-state index is 11.3. The highest BCUT2D eigenvalue weighted by molar-refractivity contribution is 5.83. The molecule has 1 aromatic rings. The summed E-state index contributed by atoms with van der Waals surface area (Å²) < 4.78 is 10.3. The Morgan fingerprint density at radius 1 is 1.59 bits per heavy atom. The van der Waals surface area contributed by atoms with E-state index in [1.807, 2.05) is 18.3 Å². The number of esters is 1. The van der Waals surface area contributed by atoms with Crippen LogP contribution in [0.5, 0.6) is 0 Å². The number of aromatic nitrogens is 1. The minimum absolute atomic E-state index is 0.0948. The number of rotatable bonds is 4. The first-order valence-electron chi connectivity index (χ1n) is 5.62. The molecule has 2 heterocycles. The summed E-state index contributed by atoms with van der Waals surface area (Å²) in [5, 5.41) is 0. The lowest BCUT2D eigenvalue weighted by Crippen LogP contribution is -2.23. The van der Waals surface area contributed by atoms with Gasteiger partial charge in [-0.05, 0) is 24.5 Å². The Kier molecular flexibility index (Phi) is 3.75. The minimum atomic E-state index is -0.315. The van der Waals surface area contributed by atoms with Crippen molar-refractivity contribution in [2.75, 3.05) is 7.11 Å². The number of hydrogen-bond donors (Lipinski definition) is 0. The predicted molar refractivity (Wildman–Crippen MR) is 62.1 cm³/mol. The van der Waals surface area contributed by atoms with Gasteiger partial charge in [0.15, 0.2) is 0 Å². The highest BCUT2D eigenvalue weighted by Gasteiger charge is 2.21. The van der Waals surface area contributed by atoms with Crippen molar-refractivity contribution in [3.05, 3.63) is 41.9 Å². The lowest BCUT2D eigenvalue weighted by atomic mass is 10.0. The number of pyridine rings is 1. The number of ether oxygens (including phenoxy) is 2. The fourth-order valence-corrected chi connectivity index (χ4v) is 1.83. The molecule has 0 aromatic carbocycles. The summed E-state index contributed by atoms with van der Waals surface area (Å²) in [5.41, 5.74) is 1.15. The first-order valence-corrected chi connectivity index (χ1v) is 5.62. The summed E-state index contributed by atoms with van der Waals surface area (Å²) in [7, 11) is 1.57. The van der Waals surface area contributed by atoms with E-state index in [-0.39, 0.29) is 12.1 Å². The van der Waals surface area contributed by atoms with Gasteiger partial charge in [-0.1, -0.05) is 6.07 Å². The zero-order chi connectivity index (χ0) is 12.1. The molecule has 1 aliphatic rings. The third-order valence-electron chi connectivity index (χ3n) is 2.73. The van der Waals surface area contributed by atoms with E-state index in [2.05, 4.69) is 4.98 Å². The summed E-state index contributed by atoms with van der Waals surface area (Å²) in [6, 6.07) is 3.92. The monoisotopic (exact) mass is 233 g/mol. The van der Waals surface area contributed by atoms with E-state index in [0.29, 0.717) is 12.2 Å². The van der Waals surface area contributed by atoms with Crippen molar-refractivity contribution in [1.29, 1.82) is 0 Å². The van der Waals surface area contributed by atoms with E-state index in [4.69, 9.17) is 9.47 Å². The van der Waals surface area contributed by atoms with Crippen molar-refractivity contribution in [3.8, 4) is 0 Å². The topological polar surface area (TPSA) is 48.4 Å². The second kappa shape index (κ2) is 5.48. The molecular weight excluding hydrogens is 218 g/mol. The van der Waals surface area contributed by atoms with E-state index in [0.717, 1.165) is 18.4 Å². The third kappa shape index (κ3) is 3.31. The van der Waals surface area contributed by atoms with Gasteiger partial charge >= 0.3 is 5.97 Å². The lowest BCUT2D eigenvalue weighted by molar-refractivity contribution is -0.145. The molecule has 0 radical (unpaired) electrons. The van der Waals surface area contributed by atoms with Gasteiger partial charge < -0.3 is 9.47 Å². The van der Waals surface area contributed by atoms with Gasteiger partial charge in [0.25, 0.3) is 0 Å². The van der Waals surface area contributed by atoms with Crippen molar-refractivity contribution in [2.45, 2.75) is 25.4 Å². The molecule has 4 heteroatoms. The van der Waals surface area contributed by atoms with Crippen molar-refractivity contribution >= 4 is 5.97 Å². The molecule has 0 saturated heterocycles. The maximum Gasteiger partial charge on any atom is 0.334 e. The van der Waals surface area contributed by atoms with E-state index >= 15 is 0 Å². The fraction of sp³-hybridized carbons (Fsp3) is 0.385. The quantitative estimate of drug-likeness (QED) is 0.745. The lowest BCUT2D eigenvalue weighted by Gasteiger charge is -2.22. The second-order valence-electron chi connectivity index (χ2n) is 3.98. The Balaban J connectivity index is 1.88. The molecule has 0 aliphatic carbocycles. The molecule has 1 unspecified atom stereocenters. The molecule has 90 valence electrons. The molecule has 4 nitrogen and oxygen atoms in total. The maximum absolute atomic E-state index is 11.3. The van der Waals surface area contributed by atoms with Crippen LogP contribution in [0.3, 0.4) is 0 Å². The van der Waals surface area contributed by atoms with Crippen LogP contribution in [0.25, 0.3) is 0 Å². The van der Waals surface area contributed by atoms with E-state index < -0.39 is 0 Å². The van der Waals surface area contributed by atoms with Crippen LogP contribution < -0.4 is 0 Å². The van der Waals surface area contributed by atoms with Crippen LogP contribution in [0, 0.1) is 0 Å². The smallest absolute Gasteiger partial charge is 0.334 e. The molecule has 1 atom stereocenters. The van der Waals surface area contributed by atoms with E-state index in [1.54, 1.807) is 13.3 Å². The largest absolute Gasteiger partial charge is 0.501 e. The molecule has 0 saturated carbocycles. The van der Waals surface area contributed by atoms with Gasteiger partial charge in [0.2, 0.25) is 0 Å². The fourth-order valence-electron chi connectivity index (χ4n) is 1.83. The van der Waals surface area contributed by atoms with Gasteiger partial charge in [-0.25, -0.2) is 4.79 Å². The summed E-state index contributed by atoms with van der Waals surface area (Å²) in [6.07, 6.45) is 7.18. The van der Waals surface area contributed by atoms with Crippen LogP contribution in [-0.2, 0) is 20.7 Å². The first-order chi connectivity index (χ1) is 8.28. The Morgan fingerprint density at radius 2 is 2.47 bits per heavy atom. The Hall–Kier alpha value is -1.84. The molecule has 1 aliphatic heterocycles. The van der Waals surface area contributed by atoms with Crippen LogP contribution in [0.4, 0.5) is 0 Å². The molecule has 0 bridgehead atoms. The van der Waals surface area contributed by atoms with Gasteiger partial charge in [0.1, 0.15) is 11.9 Å². The predicted octanol–water partition coefficient (Wildman–Crippen LogP) is 1.86. The average Bonchev–Trinajstić information content (AvgIpc) is 2.37. The Bertz CT molecular complexity index is 414. The van der Waals surface area contributed by atoms with Gasteiger partial charge in [-0.15, -0.1) is 0 Å². The van der Waals surface area contributed by atoms with Crippen LogP contribution in [0.2, 0.25) is 0 Å². The summed E-state index contributed by atoms with van der Waals surface area (Å²) in [6.45, 7) is 0. The zero-order valence-electron chi connectivity index (χ0n) is 9.76. The molecule has 17 heavy (non-hydrogen) atoms. The number of nitrogens with zero attached hydrogens (tertiary/aromatic N) is 1. The molecule has 0 amide bonds. The second-order valence-corrected chi connectivity index (χ2v) is 3.98. The highest BCUT2D eigenvalue weighted by Crippen LogP contribution is 2.20. The van der Waals surface area contributed by atoms with Crippen LogP contribution >= 0.6 is 0 Å². The van der Waals surface area contributed by atoms with Gasteiger partial charge in [-0.3, -0.25) is 4.98 Å². The van der Waals surface area contributed by atoms with Crippen molar-refractivity contribution < 1.29 is 14.3 Å². The molecule has 0 N–H and O–H groups in total. The van der Waals surface area contributed by atoms with Crippen molar-refractivity contribution in [3.63, 3.8) is 0 Å². The summed E-state index contributed by atoms with van der Waals surface area (Å²) in [4.78, 5) is 15.3. The normalized spacial score (nSPS) is 19.5. The average molecular weight is 233 g/mol.